The number of esters is 1. The number of amides is 1. The molecule has 1 rings (SSSR count). The lowest BCUT2D eigenvalue weighted by molar-refractivity contribution is -0.384. The van der Waals surface area contributed by atoms with Crippen LogP contribution in [0.15, 0.2) is 24.3 Å². The van der Waals surface area contributed by atoms with Crippen molar-refractivity contribution in [2.75, 3.05) is 6.61 Å². The second-order valence-electron chi connectivity index (χ2n) is 5.03. The van der Waals surface area contributed by atoms with Gasteiger partial charge in [-0.25, -0.2) is 9.59 Å². The fraction of sp³-hybridized carbons (Fsp3) is 0.467. The van der Waals surface area contributed by atoms with Crippen LogP contribution >= 0.6 is 0 Å². The molecule has 1 aromatic rings. The van der Waals surface area contributed by atoms with E-state index < -0.39 is 23.0 Å². The number of hydrogen-bond donors (Lipinski definition) is 1. The molecule has 0 aromatic heterocycles. The Morgan fingerprint density at radius 3 is 2.35 bits per heavy atom. The number of non-ortho nitro benzene ring substituents is 1. The van der Waals surface area contributed by atoms with Gasteiger partial charge in [0.05, 0.1) is 17.6 Å². The van der Waals surface area contributed by atoms with Crippen molar-refractivity contribution in [2.45, 2.75) is 39.3 Å². The van der Waals surface area contributed by atoms with E-state index in [1.54, 1.807) is 20.8 Å². The lowest BCUT2D eigenvalue weighted by Gasteiger charge is -2.18. The molecule has 0 radical (unpaired) electrons. The molecule has 0 aliphatic heterocycles. The van der Waals surface area contributed by atoms with Gasteiger partial charge in [-0.1, -0.05) is 12.1 Å². The Morgan fingerprint density at radius 1 is 1.26 bits per heavy atom. The highest BCUT2D eigenvalue weighted by molar-refractivity contribution is 5.81. The van der Waals surface area contributed by atoms with E-state index in [1.165, 1.54) is 24.3 Å². The van der Waals surface area contributed by atoms with Gasteiger partial charge in [0.2, 0.25) is 0 Å². The lowest BCUT2D eigenvalue weighted by Crippen LogP contribution is -2.44. The standard InChI is InChI=1S/C15H20N2O6/c1-4-22-14(18)13(16-15(19)23-10(2)3)9-11-5-7-12(8-6-11)17(20)21/h5-8,10,13H,4,9H2,1-3H3,(H,16,19). The number of nitro benzene ring substituents is 1. The summed E-state index contributed by atoms with van der Waals surface area (Å²) in [6, 6.07) is 4.80. The minimum Gasteiger partial charge on any atom is -0.464 e. The molecular formula is C15H20N2O6. The molecule has 1 aromatic carbocycles. The number of nitrogens with one attached hydrogen (secondary N) is 1. The zero-order chi connectivity index (χ0) is 17.4. The second-order valence-corrected chi connectivity index (χ2v) is 5.03. The molecule has 0 aliphatic rings. The fourth-order valence-corrected chi connectivity index (χ4v) is 1.82. The Labute approximate surface area is 133 Å². The average Bonchev–Trinajstić information content (AvgIpc) is 2.46. The lowest BCUT2D eigenvalue weighted by atomic mass is 10.1. The molecule has 23 heavy (non-hydrogen) atoms. The Bertz CT molecular complexity index is 556. The summed E-state index contributed by atoms with van der Waals surface area (Å²) in [5, 5.41) is 13.1. The number of nitro groups is 1. The summed E-state index contributed by atoms with van der Waals surface area (Å²) in [5.41, 5.74) is 0.604. The van der Waals surface area contributed by atoms with Gasteiger partial charge in [-0.05, 0) is 26.3 Å². The smallest absolute Gasteiger partial charge is 0.408 e. The first-order valence-electron chi connectivity index (χ1n) is 7.20. The first-order valence-corrected chi connectivity index (χ1v) is 7.20. The Kier molecular flexibility index (Phi) is 6.98. The van der Waals surface area contributed by atoms with Gasteiger partial charge in [0.15, 0.2) is 0 Å². The number of rotatable bonds is 7. The van der Waals surface area contributed by atoms with Crippen molar-refractivity contribution >= 4 is 17.7 Å². The van der Waals surface area contributed by atoms with Gasteiger partial charge < -0.3 is 14.8 Å². The molecule has 1 atom stereocenters. The maximum Gasteiger partial charge on any atom is 0.408 e. The number of carbonyl (C=O) groups is 2. The third-order valence-corrected chi connectivity index (χ3v) is 2.79. The van der Waals surface area contributed by atoms with Crippen LogP contribution in [0.25, 0.3) is 0 Å². The molecule has 8 nitrogen and oxygen atoms in total. The number of carbonyl (C=O) groups excluding carboxylic acids is 2. The average molecular weight is 324 g/mol. The van der Waals surface area contributed by atoms with Gasteiger partial charge in [-0.2, -0.15) is 0 Å². The summed E-state index contributed by atoms with van der Waals surface area (Å²) >= 11 is 0. The van der Waals surface area contributed by atoms with Gasteiger partial charge in [-0.3, -0.25) is 10.1 Å². The van der Waals surface area contributed by atoms with Gasteiger partial charge in [0.1, 0.15) is 6.04 Å². The van der Waals surface area contributed by atoms with Gasteiger partial charge in [0, 0.05) is 18.6 Å². The van der Waals surface area contributed by atoms with Crippen molar-refractivity contribution in [3.05, 3.63) is 39.9 Å². The molecule has 0 spiro atoms. The predicted octanol–water partition coefficient (Wildman–Crippen LogP) is 2.20. The summed E-state index contributed by atoms with van der Waals surface area (Å²) in [7, 11) is 0. The van der Waals surface area contributed by atoms with Crippen molar-refractivity contribution < 1.29 is 24.0 Å². The first-order chi connectivity index (χ1) is 10.8. The van der Waals surface area contributed by atoms with Crippen LogP contribution < -0.4 is 5.32 Å². The van der Waals surface area contributed by atoms with Crippen molar-refractivity contribution in [3.63, 3.8) is 0 Å². The highest BCUT2D eigenvalue weighted by Crippen LogP contribution is 2.13. The third-order valence-electron chi connectivity index (χ3n) is 2.79. The monoisotopic (exact) mass is 324 g/mol. The second kappa shape index (κ2) is 8.72. The van der Waals surface area contributed by atoms with Crippen molar-refractivity contribution in [1.82, 2.24) is 5.32 Å². The maximum atomic E-state index is 11.9. The Morgan fingerprint density at radius 2 is 1.87 bits per heavy atom. The van der Waals surface area contributed by atoms with E-state index in [-0.39, 0.29) is 24.8 Å². The normalized spacial score (nSPS) is 11.7. The van der Waals surface area contributed by atoms with E-state index in [4.69, 9.17) is 9.47 Å². The fourth-order valence-electron chi connectivity index (χ4n) is 1.82. The molecule has 0 heterocycles. The van der Waals surface area contributed by atoms with Crippen molar-refractivity contribution in [3.8, 4) is 0 Å². The van der Waals surface area contributed by atoms with Crippen molar-refractivity contribution in [2.24, 2.45) is 0 Å². The number of ether oxygens (including phenoxy) is 2. The van der Waals surface area contributed by atoms with E-state index in [2.05, 4.69) is 5.32 Å². The first kappa shape index (κ1) is 18.4. The molecule has 0 fully saturated rings. The van der Waals surface area contributed by atoms with Gasteiger partial charge in [0.25, 0.3) is 5.69 Å². The SMILES string of the molecule is CCOC(=O)C(Cc1ccc([N+](=O)[O-])cc1)NC(=O)OC(C)C. The summed E-state index contributed by atoms with van der Waals surface area (Å²) in [6.07, 6.45) is -0.901. The van der Waals surface area contributed by atoms with Crippen molar-refractivity contribution in [1.29, 1.82) is 0 Å². The van der Waals surface area contributed by atoms with E-state index in [0.717, 1.165) is 0 Å². The maximum absolute atomic E-state index is 11.9. The van der Waals surface area contributed by atoms with E-state index >= 15 is 0 Å². The quantitative estimate of drug-likeness (QED) is 0.468. The number of benzene rings is 1. The minimum atomic E-state index is -0.928. The predicted molar refractivity (Wildman–Crippen MR) is 82.0 cm³/mol. The van der Waals surface area contributed by atoms with Crippen LogP contribution in [-0.2, 0) is 20.7 Å². The van der Waals surface area contributed by atoms with Gasteiger partial charge >= 0.3 is 12.1 Å². The molecular weight excluding hydrogens is 304 g/mol. The van der Waals surface area contributed by atoms with Crippen LogP contribution in [-0.4, -0.2) is 35.7 Å². The van der Waals surface area contributed by atoms with Crippen LogP contribution in [0.3, 0.4) is 0 Å². The Hall–Kier alpha value is -2.64. The van der Waals surface area contributed by atoms with Gasteiger partial charge in [-0.15, -0.1) is 0 Å². The van der Waals surface area contributed by atoms with E-state index in [0.29, 0.717) is 5.56 Å². The Balaban J connectivity index is 2.81. The van der Waals surface area contributed by atoms with Crippen LogP contribution in [0.1, 0.15) is 26.3 Å². The third kappa shape index (κ3) is 6.33. The molecule has 8 heteroatoms. The zero-order valence-electron chi connectivity index (χ0n) is 13.3. The molecule has 0 saturated heterocycles. The van der Waals surface area contributed by atoms with Crippen LogP contribution in [0.2, 0.25) is 0 Å². The molecule has 126 valence electrons. The number of hydrogen-bond acceptors (Lipinski definition) is 6. The highest BCUT2D eigenvalue weighted by Gasteiger charge is 2.24. The highest BCUT2D eigenvalue weighted by atomic mass is 16.6. The van der Waals surface area contributed by atoms with Crippen LogP contribution in [0, 0.1) is 10.1 Å². The zero-order valence-corrected chi connectivity index (χ0v) is 13.3. The minimum absolute atomic E-state index is 0.0476. The molecule has 0 aliphatic carbocycles. The number of alkyl carbamates (subject to hydrolysis) is 1. The number of nitrogens with zero attached hydrogens (tertiary/aromatic N) is 1. The largest absolute Gasteiger partial charge is 0.464 e. The molecule has 1 unspecified atom stereocenters. The van der Waals surface area contributed by atoms with E-state index in [9.17, 15) is 19.7 Å². The van der Waals surface area contributed by atoms with Crippen LogP contribution in [0.4, 0.5) is 10.5 Å². The molecule has 0 saturated carbocycles. The summed E-state index contributed by atoms with van der Waals surface area (Å²) in [5.74, 6) is -0.591. The summed E-state index contributed by atoms with van der Waals surface area (Å²) < 4.78 is 9.88. The molecule has 1 N–H and O–H groups in total. The van der Waals surface area contributed by atoms with E-state index in [1.807, 2.05) is 0 Å². The summed E-state index contributed by atoms with van der Waals surface area (Å²) in [4.78, 5) is 33.7. The molecule has 1 amide bonds. The topological polar surface area (TPSA) is 108 Å². The molecule has 0 bridgehead atoms. The van der Waals surface area contributed by atoms with Crippen LogP contribution in [0.5, 0.6) is 0 Å². The summed E-state index contributed by atoms with van der Waals surface area (Å²) in [6.45, 7) is 5.22.